The van der Waals surface area contributed by atoms with Gasteiger partial charge in [-0.05, 0) is 44.4 Å². The summed E-state index contributed by atoms with van der Waals surface area (Å²) in [5.41, 5.74) is 2.77. The molecule has 0 radical (unpaired) electrons. The van der Waals surface area contributed by atoms with E-state index in [1.165, 1.54) is 14.2 Å². The first-order valence-electron chi connectivity index (χ1n) is 8.70. The third-order valence-electron chi connectivity index (χ3n) is 4.32. The Morgan fingerprint density at radius 1 is 1.00 bits per heavy atom. The highest BCUT2D eigenvalue weighted by molar-refractivity contribution is 6.05. The highest BCUT2D eigenvalue weighted by atomic mass is 16.5. The van der Waals surface area contributed by atoms with Crippen molar-refractivity contribution in [3.05, 3.63) is 65.2 Å². The van der Waals surface area contributed by atoms with Crippen LogP contribution in [0.25, 0.3) is 5.69 Å². The van der Waals surface area contributed by atoms with Gasteiger partial charge >= 0.3 is 11.9 Å². The highest BCUT2D eigenvalue weighted by Crippen LogP contribution is 2.29. The number of methoxy groups -OCH3 is 3. The first-order valence-corrected chi connectivity index (χ1v) is 8.70. The Morgan fingerprint density at radius 3 is 2.22 bits per heavy atom. The molecule has 0 aliphatic carbocycles. The molecule has 0 aliphatic heterocycles. The number of para-hydroxylation sites is 1. The van der Waals surface area contributed by atoms with Crippen LogP contribution in [0.15, 0.2) is 42.7 Å². The molecule has 1 aromatic carbocycles. The molecule has 144 valence electrons. The zero-order valence-corrected chi connectivity index (χ0v) is 16.2. The molecule has 0 bridgehead atoms. The molecule has 0 atom stereocenters. The molecule has 0 amide bonds. The van der Waals surface area contributed by atoms with Crippen molar-refractivity contribution in [3.63, 3.8) is 0 Å². The molecule has 0 saturated heterocycles. The third kappa shape index (κ3) is 4.39. The molecular formula is C21H25NO5. The monoisotopic (exact) mass is 371 g/mol. The molecule has 0 saturated carbocycles. The van der Waals surface area contributed by atoms with Gasteiger partial charge in [0, 0.05) is 17.1 Å². The van der Waals surface area contributed by atoms with E-state index in [-0.39, 0.29) is 11.1 Å². The third-order valence-corrected chi connectivity index (χ3v) is 4.32. The predicted molar refractivity (Wildman–Crippen MR) is 102 cm³/mol. The molecule has 0 fully saturated rings. The van der Waals surface area contributed by atoms with Gasteiger partial charge in [0.2, 0.25) is 0 Å². The first-order chi connectivity index (χ1) is 13.1. The predicted octanol–water partition coefficient (Wildman–Crippen LogP) is 3.84. The van der Waals surface area contributed by atoms with E-state index in [0.717, 1.165) is 24.2 Å². The van der Waals surface area contributed by atoms with Gasteiger partial charge in [0.1, 0.15) is 0 Å². The summed E-state index contributed by atoms with van der Waals surface area (Å²) >= 11 is 0. The molecule has 27 heavy (non-hydrogen) atoms. The molecule has 0 N–H and O–H groups in total. The lowest BCUT2D eigenvalue weighted by atomic mass is 10.1. The van der Waals surface area contributed by atoms with Gasteiger partial charge in [0.15, 0.2) is 0 Å². The molecule has 1 aromatic heterocycles. The minimum atomic E-state index is -0.553. The van der Waals surface area contributed by atoms with E-state index in [2.05, 4.69) is 0 Å². The van der Waals surface area contributed by atoms with Crippen LogP contribution in [0.2, 0.25) is 0 Å². The second-order valence-electron chi connectivity index (χ2n) is 5.94. The quantitative estimate of drug-likeness (QED) is 0.401. The summed E-state index contributed by atoms with van der Waals surface area (Å²) in [6.45, 7) is 1.81. The average molecular weight is 371 g/mol. The van der Waals surface area contributed by atoms with Crippen LogP contribution in [0.1, 0.15) is 44.9 Å². The van der Waals surface area contributed by atoms with Gasteiger partial charge in [0.05, 0.1) is 38.7 Å². The lowest BCUT2D eigenvalue weighted by Crippen LogP contribution is -2.12. The molecule has 0 spiro atoms. The fraction of sp³-hybridized carbons (Fsp3) is 0.333. The number of carbonyl (C=O) groups is 2. The van der Waals surface area contributed by atoms with Crippen LogP contribution in [-0.4, -0.2) is 37.8 Å². The van der Waals surface area contributed by atoms with E-state index in [1.807, 2.05) is 41.0 Å². The minimum absolute atomic E-state index is 0.246. The molecule has 6 heteroatoms. The van der Waals surface area contributed by atoms with Crippen LogP contribution in [0.4, 0.5) is 0 Å². The summed E-state index contributed by atoms with van der Waals surface area (Å²) in [6.07, 6.45) is 5.69. The Labute approximate surface area is 159 Å². The molecule has 2 rings (SSSR count). The maximum atomic E-state index is 12.5. The lowest BCUT2D eigenvalue weighted by Gasteiger charge is -2.12. The topological polar surface area (TPSA) is 66.8 Å². The van der Waals surface area contributed by atoms with E-state index in [9.17, 15) is 9.59 Å². The summed E-state index contributed by atoms with van der Waals surface area (Å²) in [4.78, 5) is 24.9. The summed E-state index contributed by atoms with van der Waals surface area (Å²) in [7, 11) is 4.21. The van der Waals surface area contributed by atoms with Crippen LogP contribution in [0.3, 0.4) is 0 Å². The normalized spacial score (nSPS) is 10.8. The number of nitrogens with zero attached hydrogens (tertiary/aromatic N) is 1. The van der Waals surface area contributed by atoms with E-state index in [1.54, 1.807) is 20.3 Å². The van der Waals surface area contributed by atoms with Crippen molar-refractivity contribution in [2.45, 2.75) is 26.2 Å². The Hall–Kier alpha value is -3.02. The van der Waals surface area contributed by atoms with Crippen LogP contribution in [-0.2, 0) is 20.6 Å². The van der Waals surface area contributed by atoms with Crippen molar-refractivity contribution >= 4 is 11.9 Å². The molecule has 1 heterocycles. The SMILES string of the molecule is CO/C=C/CCCc1c(C(=O)OC)c(C(=O)OC)c(C)n1-c1ccccc1. The van der Waals surface area contributed by atoms with Crippen molar-refractivity contribution in [1.82, 2.24) is 4.57 Å². The van der Waals surface area contributed by atoms with Crippen molar-refractivity contribution in [3.8, 4) is 5.69 Å². The number of hydrogen-bond acceptors (Lipinski definition) is 5. The molecule has 6 nitrogen and oxygen atoms in total. The number of aromatic nitrogens is 1. The van der Waals surface area contributed by atoms with Crippen molar-refractivity contribution in [2.24, 2.45) is 0 Å². The van der Waals surface area contributed by atoms with Crippen LogP contribution >= 0.6 is 0 Å². The van der Waals surface area contributed by atoms with E-state index in [4.69, 9.17) is 14.2 Å². The zero-order chi connectivity index (χ0) is 19.8. The van der Waals surface area contributed by atoms with Gasteiger partial charge in [-0.25, -0.2) is 9.59 Å². The number of rotatable bonds is 8. The average Bonchev–Trinajstić information content (AvgIpc) is 2.99. The summed E-state index contributed by atoms with van der Waals surface area (Å²) in [5.74, 6) is -1.10. The fourth-order valence-corrected chi connectivity index (χ4v) is 3.14. The standard InChI is InChI=1S/C21H25NO5/c1-15-18(20(23)26-3)19(21(24)27-4)17(13-9-6-10-14-25-2)22(15)16-11-7-5-8-12-16/h5,7-8,10-12,14H,6,9,13H2,1-4H3/b14-10+. The number of benzene rings is 1. The van der Waals surface area contributed by atoms with Gasteiger partial charge < -0.3 is 18.8 Å². The molecular weight excluding hydrogens is 346 g/mol. The molecule has 0 unspecified atom stereocenters. The van der Waals surface area contributed by atoms with Crippen LogP contribution < -0.4 is 0 Å². The van der Waals surface area contributed by atoms with Crippen LogP contribution in [0, 0.1) is 6.92 Å². The van der Waals surface area contributed by atoms with E-state index in [0.29, 0.717) is 12.1 Å². The first kappa shape index (κ1) is 20.3. The molecule has 2 aromatic rings. The number of allylic oxidation sites excluding steroid dienone is 1. The van der Waals surface area contributed by atoms with Crippen LogP contribution in [0.5, 0.6) is 0 Å². The maximum Gasteiger partial charge on any atom is 0.340 e. The maximum absolute atomic E-state index is 12.5. The number of carbonyl (C=O) groups excluding carboxylic acids is 2. The second kappa shape index (κ2) is 9.62. The second-order valence-corrected chi connectivity index (χ2v) is 5.94. The van der Waals surface area contributed by atoms with Gasteiger partial charge in [-0.15, -0.1) is 0 Å². The zero-order valence-electron chi connectivity index (χ0n) is 16.2. The van der Waals surface area contributed by atoms with Crippen molar-refractivity contribution < 1.29 is 23.8 Å². The number of hydrogen-bond donors (Lipinski definition) is 0. The smallest absolute Gasteiger partial charge is 0.340 e. The van der Waals surface area contributed by atoms with Gasteiger partial charge in [0.25, 0.3) is 0 Å². The summed E-state index contributed by atoms with van der Waals surface area (Å²) < 4.78 is 16.7. The van der Waals surface area contributed by atoms with E-state index < -0.39 is 11.9 Å². The number of unbranched alkanes of at least 4 members (excludes halogenated alkanes) is 1. The summed E-state index contributed by atoms with van der Waals surface area (Å²) in [6, 6.07) is 9.61. The fourth-order valence-electron chi connectivity index (χ4n) is 3.14. The van der Waals surface area contributed by atoms with Gasteiger partial charge in [-0.1, -0.05) is 18.2 Å². The highest BCUT2D eigenvalue weighted by Gasteiger charge is 2.30. The van der Waals surface area contributed by atoms with E-state index >= 15 is 0 Å². The Morgan fingerprint density at radius 2 is 1.63 bits per heavy atom. The molecule has 0 aliphatic rings. The lowest BCUT2D eigenvalue weighted by molar-refractivity contribution is 0.0555. The Bertz CT molecular complexity index is 821. The number of esters is 2. The number of ether oxygens (including phenoxy) is 3. The van der Waals surface area contributed by atoms with Gasteiger partial charge in [-0.3, -0.25) is 0 Å². The minimum Gasteiger partial charge on any atom is -0.505 e. The Balaban J connectivity index is 2.62. The largest absolute Gasteiger partial charge is 0.505 e. The summed E-state index contributed by atoms with van der Waals surface area (Å²) in [5, 5.41) is 0. The van der Waals surface area contributed by atoms with Crippen molar-refractivity contribution in [1.29, 1.82) is 0 Å². The Kier molecular flexibility index (Phi) is 7.23. The van der Waals surface area contributed by atoms with Crippen molar-refractivity contribution in [2.75, 3.05) is 21.3 Å². The van der Waals surface area contributed by atoms with Gasteiger partial charge in [-0.2, -0.15) is 0 Å².